The molecule has 0 bridgehead atoms. The highest BCUT2D eigenvalue weighted by atomic mass is 35.5. The van der Waals surface area contributed by atoms with Crippen LogP contribution in [-0.2, 0) is 6.42 Å². The zero-order chi connectivity index (χ0) is 12.0. The second-order valence-electron chi connectivity index (χ2n) is 4.07. The molecular weight excluding hydrogens is 225 g/mol. The van der Waals surface area contributed by atoms with Gasteiger partial charge in [-0.05, 0) is 43.5 Å². The molecule has 1 aromatic rings. The third-order valence-electron chi connectivity index (χ3n) is 2.37. The summed E-state index contributed by atoms with van der Waals surface area (Å²) in [5.41, 5.74) is 3.82. The summed E-state index contributed by atoms with van der Waals surface area (Å²) in [5.74, 6) is -0.190. The van der Waals surface area contributed by atoms with Gasteiger partial charge in [-0.2, -0.15) is 0 Å². The molecule has 16 heavy (non-hydrogen) atoms. The molecule has 0 saturated heterocycles. The maximum absolute atomic E-state index is 12.7. The van der Waals surface area contributed by atoms with Gasteiger partial charge in [0.2, 0.25) is 0 Å². The number of rotatable bonds is 5. The summed E-state index contributed by atoms with van der Waals surface area (Å²) in [6, 6.07) is 6.96. The first-order valence-electron chi connectivity index (χ1n) is 5.35. The number of halogens is 2. The van der Waals surface area contributed by atoms with E-state index in [1.54, 1.807) is 5.54 Å². The van der Waals surface area contributed by atoms with Crippen molar-refractivity contribution in [2.45, 2.75) is 26.3 Å². The molecule has 0 heterocycles. The van der Waals surface area contributed by atoms with Gasteiger partial charge in [0.05, 0.1) is 0 Å². The van der Waals surface area contributed by atoms with Gasteiger partial charge in [-0.15, -0.1) is 0 Å². The SMILES string of the molecule is C/C(=C\Cl)CNC(C)Cc1ccc(F)cc1. The molecule has 88 valence electrons. The first kappa shape index (κ1) is 13.2. The van der Waals surface area contributed by atoms with Crippen LogP contribution >= 0.6 is 11.6 Å². The Morgan fingerprint density at radius 2 is 2.06 bits per heavy atom. The van der Waals surface area contributed by atoms with E-state index in [1.807, 2.05) is 19.1 Å². The highest BCUT2D eigenvalue weighted by molar-refractivity contribution is 6.25. The molecule has 0 fully saturated rings. The largest absolute Gasteiger partial charge is 0.310 e. The second-order valence-corrected chi connectivity index (χ2v) is 4.29. The van der Waals surface area contributed by atoms with E-state index in [-0.39, 0.29) is 5.82 Å². The van der Waals surface area contributed by atoms with E-state index in [9.17, 15) is 4.39 Å². The Morgan fingerprint density at radius 3 is 2.62 bits per heavy atom. The standard InChI is InChI=1S/C13H17ClFN/c1-10(8-14)9-16-11(2)7-12-3-5-13(15)6-4-12/h3-6,8,11,16H,7,9H2,1-2H3/b10-8+. The normalized spacial score (nSPS) is 13.9. The molecule has 1 nitrogen and oxygen atoms in total. The topological polar surface area (TPSA) is 12.0 Å². The lowest BCUT2D eigenvalue weighted by Gasteiger charge is -2.13. The van der Waals surface area contributed by atoms with Crippen molar-refractivity contribution >= 4 is 11.6 Å². The maximum atomic E-state index is 12.7. The maximum Gasteiger partial charge on any atom is 0.123 e. The van der Waals surface area contributed by atoms with E-state index in [0.717, 1.165) is 24.1 Å². The van der Waals surface area contributed by atoms with Gasteiger partial charge in [-0.1, -0.05) is 23.7 Å². The molecule has 1 atom stereocenters. The lowest BCUT2D eigenvalue weighted by Crippen LogP contribution is -2.29. The second kappa shape index (κ2) is 6.66. The van der Waals surface area contributed by atoms with Crippen molar-refractivity contribution in [2.24, 2.45) is 0 Å². The van der Waals surface area contributed by atoms with Crippen LogP contribution in [0.4, 0.5) is 4.39 Å². The molecule has 0 radical (unpaired) electrons. The highest BCUT2D eigenvalue weighted by Gasteiger charge is 2.03. The summed E-state index contributed by atoms with van der Waals surface area (Å²) in [7, 11) is 0. The predicted molar refractivity (Wildman–Crippen MR) is 67.2 cm³/mol. The van der Waals surface area contributed by atoms with Crippen LogP contribution in [0.25, 0.3) is 0 Å². The number of nitrogens with one attached hydrogen (secondary N) is 1. The molecule has 0 saturated carbocycles. The molecule has 0 aromatic heterocycles. The Balaban J connectivity index is 2.39. The van der Waals surface area contributed by atoms with Crippen molar-refractivity contribution in [1.29, 1.82) is 0 Å². The van der Waals surface area contributed by atoms with Gasteiger partial charge in [0.25, 0.3) is 0 Å². The third-order valence-corrected chi connectivity index (χ3v) is 2.74. The first-order chi connectivity index (χ1) is 7.61. The van der Waals surface area contributed by atoms with E-state index in [2.05, 4.69) is 12.2 Å². The summed E-state index contributed by atoms with van der Waals surface area (Å²) in [6.07, 6.45) is 0.885. The monoisotopic (exact) mass is 241 g/mol. The number of hydrogen-bond acceptors (Lipinski definition) is 1. The molecule has 1 N–H and O–H groups in total. The quantitative estimate of drug-likeness (QED) is 0.832. The zero-order valence-corrected chi connectivity index (χ0v) is 10.4. The predicted octanol–water partition coefficient (Wildman–Crippen LogP) is 3.49. The van der Waals surface area contributed by atoms with Gasteiger partial charge in [0.1, 0.15) is 5.82 Å². The Bertz CT molecular complexity index is 345. The van der Waals surface area contributed by atoms with Crippen molar-refractivity contribution in [3.8, 4) is 0 Å². The van der Waals surface area contributed by atoms with Crippen molar-refractivity contribution in [2.75, 3.05) is 6.54 Å². The molecule has 1 unspecified atom stereocenters. The van der Waals surface area contributed by atoms with Crippen LogP contribution in [0.1, 0.15) is 19.4 Å². The van der Waals surface area contributed by atoms with Gasteiger partial charge in [-0.25, -0.2) is 4.39 Å². The average Bonchev–Trinajstić information content (AvgIpc) is 2.29. The zero-order valence-electron chi connectivity index (χ0n) is 9.63. The fourth-order valence-corrected chi connectivity index (χ4v) is 1.50. The van der Waals surface area contributed by atoms with E-state index < -0.39 is 0 Å². The molecule has 0 aliphatic rings. The van der Waals surface area contributed by atoms with Crippen LogP contribution in [0.2, 0.25) is 0 Å². The van der Waals surface area contributed by atoms with E-state index >= 15 is 0 Å². The van der Waals surface area contributed by atoms with Crippen LogP contribution in [0.15, 0.2) is 35.4 Å². The lowest BCUT2D eigenvalue weighted by atomic mass is 10.1. The minimum absolute atomic E-state index is 0.190. The molecular formula is C13H17ClFN. The van der Waals surface area contributed by atoms with E-state index in [0.29, 0.717) is 6.04 Å². The van der Waals surface area contributed by atoms with E-state index in [1.165, 1.54) is 12.1 Å². The summed E-state index contributed by atoms with van der Waals surface area (Å²) in [5, 5.41) is 3.35. The van der Waals surface area contributed by atoms with Crippen LogP contribution in [0.5, 0.6) is 0 Å². The van der Waals surface area contributed by atoms with Crippen LogP contribution < -0.4 is 5.32 Å². The molecule has 3 heteroatoms. The summed E-state index contributed by atoms with van der Waals surface area (Å²) in [6.45, 7) is 4.86. The molecule has 1 aromatic carbocycles. The fourth-order valence-electron chi connectivity index (χ4n) is 1.42. The van der Waals surface area contributed by atoms with Crippen LogP contribution in [0.3, 0.4) is 0 Å². The van der Waals surface area contributed by atoms with Crippen LogP contribution in [-0.4, -0.2) is 12.6 Å². The Hall–Kier alpha value is -0.860. The van der Waals surface area contributed by atoms with Gasteiger partial charge in [0.15, 0.2) is 0 Å². The molecule has 0 aliphatic heterocycles. The first-order valence-corrected chi connectivity index (χ1v) is 5.79. The van der Waals surface area contributed by atoms with E-state index in [4.69, 9.17) is 11.6 Å². The minimum atomic E-state index is -0.190. The molecule has 0 amide bonds. The Labute approximate surface area is 101 Å². The fraction of sp³-hybridized carbons (Fsp3) is 0.385. The van der Waals surface area contributed by atoms with Gasteiger partial charge in [-0.3, -0.25) is 0 Å². The van der Waals surface area contributed by atoms with Crippen molar-refractivity contribution in [3.05, 3.63) is 46.8 Å². The molecule has 0 spiro atoms. The molecule has 0 aliphatic carbocycles. The van der Waals surface area contributed by atoms with Gasteiger partial charge >= 0.3 is 0 Å². The summed E-state index contributed by atoms with van der Waals surface area (Å²) < 4.78 is 12.7. The average molecular weight is 242 g/mol. The summed E-state index contributed by atoms with van der Waals surface area (Å²) >= 11 is 5.57. The van der Waals surface area contributed by atoms with Crippen molar-refractivity contribution in [3.63, 3.8) is 0 Å². The third kappa shape index (κ3) is 4.77. The van der Waals surface area contributed by atoms with Crippen LogP contribution in [0, 0.1) is 5.82 Å². The lowest BCUT2D eigenvalue weighted by molar-refractivity contribution is 0.571. The minimum Gasteiger partial charge on any atom is -0.310 e. The Kier molecular flexibility index (Phi) is 5.50. The smallest absolute Gasteiger partial charge is 0.123 e. The number of benzene rings is 1. The Morgan fingerprint density at radius 1 is 1.44 bits per heavy atom. The van der Waals surface area contributed by atoms with Gasteiger partial charge in [0, 0.05) is 18.1 Å². The van der Waals surface area contributed by atoms with Crippen molar-refractivity contribution in [1.82, 2.24) is 5.32 Å². The summed E-state index contributed by atoms with van der Waals surface area (Å²) in [4.78, 5) is 0. The highest BCUT2D eigenvalue weighted by Crippen LogP contribution is 2.06. The van der Waals surface area contributed by atoms with Crippen molar-refractivity contribution < 1.29 is 4.39 Å². The number of hydrogen-bond donors (Lipinski definition) is 1. The van der Waals surface area contributed by atoms with Gasteiger partial charge < -0.3 is 5.32 Å². The molecule has 1 rings (SSSR count).